The number of fused-ring (bicyclic) bond motifs is 1. The van der Waals surface area contributed by atoms with Crippen molar-refractivity contribution in [3.8, 4) is 11.5 Å². The maximum Gasteiger partial charge on any atom is 0.241 e. The van der Waals surface area contributed by atoms with Gasteiger partial charge < -0.3 is 19.4 Å². The van der Waals surface area contributed by atoms with Crippen LogP contribution in [-0.4, -0.2) is 33.6 Å². The minimum absolute atomic E-state index is 0.0209. The Morgan fingerprint density at radius 3 is 2.44 bits per heavy atom. The highest BCUT2D eigenvalue weighted by Gasteiger charge is 2.23. The molecule has 1 heterocycles. The standard InChI is InChI=1S/C17H17NO6S/c19-17(20)14(10-12-4-2-1-3-5-12)18-25(21,22)13-6-7-15-16(11-13)24-9-8-23-15/h1-7,11,14,18H,8-10H2,(H,19,20)/p-1. The average Bonchev–Trinajstić information content (AvgIpc) is 2.61. The van der Waals surface area contributed by atoms with E-state index in [2.05, 4.69) is 4.72 Å². The number of sulfonamides is 1. The topological polar surface area (TPSA) is 105 Å². The Morgan fingerprint density at radius 2 is 1.76 bits per heavy atom. The lowest BCUT2D eigenvalue weighted by Gasteiger charge is -2.21. The molecule has 1 atom stereocenters. The fourth-order valence-electron chi connectivity index (χ4n) is 2.47. The highest BCUT2D eigenvalue weighted by Crippen LogP contribution is 2.32. The molecule has 0 saturated heterocycles. The van der Waals surface area contributed by atoms with Gasteiger partial charge in [0, 0.05) is 6.07 Å². The SMILES string of the molecule is O=C([O-])C(Cc1ccccc1)NS(=O)(=O)c1ccc2c(c1)OCCO2. The predicted molar refractivity (Wildman–Crippen MR) is 86.7 cm³/mol. The van der Waals surface area contributed by atoms with E-state index in [4.69, 9.17) is 9.47 Å². The third kappa shape index (κ3) is 4.09. The van der Waals surface area contributed by atoms with E-state index >= 15 is 0 Å². The monoisotopic (exact) mass is 362 g/mol. The normalized spacial score (nSPS) is 14.7. The van der Waals surface area contributed by atoms with Crippen molar-refractivity contribution in [1.29, 1.82) is 0 Å². The van der Waals surface area contributed by atoms with Crippen molar-refractivity contribution in [3.05, 3.63) is 54.1 Å². The molecular weight excluding hydrogens is 346 g/mol. The van der Waals surface area contributed by atoms with Crippen LogP contribution >= 0.6 is 0 Å². The molecule has 2 aromatic rings. The van der Waals surface area contributed by atoms with Crippen LogP contribution in [0.15, 0.2) is 53.4 Å². The molecule has 1 aliphatic heterocycles. The Labute approximate surface area is 145 Å². The molecule has 1 N–H and O–H groups in total. The smallest absolute Gasteiger partial charge is 0.241 e. The number of carbonyl (C=O) groups is 1. The summed E-state index contributed by atoms with van der Waals surface area (Å²) in [7, 11) is -4.06. The van der Waals surface area contributed by atoms with Gasteiger partial charge in [-0.1, -0.05) is 30.3 Å². The van der Waals surface area contributed by atoms with Crippen molar-refractivity contribution in [1.82, 2.24) is 4.72 Å². The van der Waals surface area contributed by atoms with Crippen LogP contribution in [0.1, 0.15) is 5.56 Å². The maximum atomic E-state index is 12.5. The summed E-state index contributed by atoms with van der Waals surface area (Å²) in [6.07, 6.45) is -0.0209. The Kier molecular flexibility index (Phi) is 4.91. The summed E-state index contributed by atoms with van der Waals surface area (Å²) in [5.41, 5.74) is 0.682. The molecule has 0 aromatic heterocycles. The van der Waals surface area contributed by atoms with Crippen molar-refractivity contribution in [3.63, 3.8) is 0 Å². The summed E-state index contributed by atoms with van der Waals surface area (Å²) in [5.74, 6) is -0.738. The third-order valence-corrected chi connectivity index (χ3v) is 5.16. The van der Waals surface area contributed by atoms with Gasteiger partial charge in [-0.25, -0.2) is 13.1 Å². The van der Waals surface area contributed by atoms with Gasteiger partial charge in [-0.2, -0.15) is 0 Å². The lowest BCUT2D eigenvalue weighted by molar-refractivity contribution is -0.307. The van der Waals surface area contributed by atoms with Crippen molar-refractivity contribution in [2.75, 3.05) is 13.2 Å². The molecule has 8 heteroatoms. The Bertz CT molecular complexity index is 866. The Balaban J connectivity index is 1.82. The Hall–Kier alpha value is -2.58. The number of rotatable bonds is 6. The third-order valence-electron chi connectivity index (χ3n) is 3.69. The quantitative estimate of drug-likeness (QED) is 0.781. The number of ether oxygens (including phenoxy) is 2. The molecule has 0 radical (unpaired) electrons. The molecule has 1 aliphatic rings. The first-order valence-electron chi connectivity index (χ1n) is 7.62. The molecular formula is C17H16NO6S-. The molecule has 1 unspecified atom stereocenters. The van der Waals surface area contributed by atoms with E-state index in [9.17, 15) is 18.3 Å². The molecule has 0 amide bonds. The van der Waals surface area contributed by atoms with Crippen LogP contribution < -0.4 is 19.3 Å². The summed E-state index contributed by atoms with van der Waals surface area (Å²) in [5, 5.41) is 11.4. The van der Waals surface area contributed by atoms with Gasteiger partial charge in [-0.3, -0.25) is 0 Å². The summed E-state index contributed by atoms with van der Waals surface area (Å²) < 4.78 is 37.9. The number of carbonyl (C=O) groups excluding carboxylic acids is 1. The first-order chi connectivity index (χ1) is 12.0. The number of carboxylic acids is 1. The first-order valence-corrected chi connectivity index (χ1v) is 9.11. The largest absolute Gasteiger partial charge is 0.548 e. The Morgan fingerprint density at radius 1 is 1.08 bits per heavy atom. The van der Waals surface area contributed by atoms with Crippen molar-refractivity contribution in [2.24, 2.45) is 0 Å². The van der Waals surface area contributed by atoms with Crippen LogP contribution in [0.3, 0.4) is 0 Å². The van der Waals surface area contributed by atoms with Gasteiger partial charge in [-0.15, -0.1) is 0 Å². The van der Waals surface area contributed by atoms with E-state index in [-0.39, 0.29) is 11.3 Å². The minimum atomic E-state index is -4.06. The van der Waals surface area contributed by atoms with Crippen molar-refractivity contribution in [2.45, 2.75) is 17.4 Å². The molecule has 0 bridgehead atoms. The number of hydrogen-bond acceptors (Lipinski definition) is 6. The van der Waals surface area contributed by atoms with Crippen molar-refractivity contribution >= 4 is 16.0 Å². The first kappa shape index (κ1) is 17.2. The molecule has 3 rings (SSSR count). The van der Waals surface area contributed by atoms with E-state index in [0.717, 1.165) is 0 Å². The summed E-state index contributed by atoms with van der Waals surface area (Å²) in [6.45, 7) is 0.709. The second kappa shape index (κ2) is 7.12. The van der Waals surface area contributed by atoms with E-state index in [1.165, 1.54) is 18.2 Å². The second-order valence-electron chi connectivity index (χ2n) is 5.49. The van der Waals surface area contributed by atoms with Crippen LogP contribution in [0.2, 0.25) is 0 Å². The van der Waals surface area contributed by atoms with E-state index < -0.39 is 22.0 Å². The van der Waals surface area contributed by atoms with Gasteiger partial charge in [0.15, 0.2) is 11.5 Å². The molecule has 25 heavy (non-hydrogen) atoms. The highest BCUT2D eigenvalue weighted by molar-refractivity contribution is 7.89. The molecule has 0 spiro atoms. The summed E-state index contributed by atoms with van der Waals surface area (Å²) in [4.78, 5) is 11.3. The molecule has 7 nitrogen and oxygen atoms in total. The zero-order chi connectivity index (χ0) is 17.9. The number of hydrogen-bond donors (Lipinski definition) is 1. The molecule has 132 valence electrons. The maximum absolute atomic E-state index is 12.5. The average molecular weight is 362 g/mol. The number of carboxylic acid groups (broad SMARTS) is 1. The highest BCUT2D eigenvalue weighted by atomic mass is 32.2. The number of nitrogens with one attached hydrogen (secondary N) is 1. The zero-order valence-corrected chi connectivity index (χ0v) is 14.0. The van der Waals surface area contributed by atoms with Crippen molar-refractivity contribution < 1.29 is 27.8 Å². The van der Waals surface area contributed by atoms with Crippen LogP contribution in [0.5, 0.6) is 11.5 Å². The molecule has 0 saturated carbocycles. The fraction of sp³-hybridized carbons (Fsp3) is 0.235. The lowest BCUT2D eigenvalue weighted by Crippen LogP contribution is -2.49. The second-order valence-corrected chi connectivity index (χ2v) is 7.20. The fourth-order valence-corrected chi connectivity index (χ4v) is 3.67. The van der Waals surface area contributed by atoms with E-state index in [1.54, 1.807) is 30.3 Å². The van der Waals surface area contributed by atoms with Gasteiger partial charge in [0.2, 0.25) is 10.0 Å². The minimum Gasteiger partial charge on any atom is -0.548 e. The number of aliphatic carboxylic acids is 1. The van der Waals surface area contributed by atoms with E-state index in [1.807, 2.05) is 0 Å². The summed E-state index contributed by atoms with van der Waals surface area (Å²) >= 11 is 0. The zero-order valence-electron chi connectivity index (χ0n) is 13.2. The van der Waals surface area contributed by atoms with Gasteiger partial charge in [-0.05, 0) is 24.1 Å². The van der Waals surface area contributed by atoms with Gasteiger partial charge in [0.25, 0.3) is 0 Å². The van der Waals surface area contributed by atoms with Crippen LogP contribution in [-0.2, 0) is 21.2 Å². The molecule has 0 fully saturated rings. The predicted octanol–water partition coefficient (Wildman–Crippen LogP) is 0.0973. The number of benzene rings is 2. The van der Waals surface area contributed by atoms with Gasteiger partial charge in [0.1, 0.15) is 13.2 Å². The van der Waals surface area contributed by atoms with Gasteiger partial charge in [0.05, 0.1) is 16.9 Å². The van der Waals surface area contributed by atoms with E-state index in [0.29, 0.717) is 30.3 Å². The van der Waals surface area contributed by atoms with Crippen LogP contribution in [0, 0.1) is 0 Å². The van der Waals surface area contributed by atoms with Gasteiger partial charge >= 0.3 is 0 Å². The lowest BCUT2D eigenvalue weighted by atomic mass is 10.1. The van der Waals surface area contributed by atoms with Crippen LogP contribution in [0.25, 0.3) is 0 Å². The molecule has 0 aliphatic carbocycles. The summed E-state index contributed by atoms with van der Waals surface area (Å²) in [6, 6.07) is 11.5. The van der Waals surface area contributed by atoms with Crippen LogP contribution in [0.4, 0.5) is 0 Å². The molecule has 2 aromatic carbocycles.